The molecular weight excluding hydrogens is 294 g/mol. The summed E-state index contributed by atoms with van der Waals surface area (Å²) < 4.78 is 5.20. The van der Waals surface area contributed by atoms with E-state index in [4.69, 9.17) is 4.74 Å². The molecule has 1 atom stereocenters. The minimum Gasteiger partial charge on any atom is -0.484 e. The monoisotopic (exact) mass is 313 g/mol. The topological polar surface area (TPSA) is 128 Å². The van der Waals surface area contributed by atoms with Gasteiger partial charge in [0.1, 0.15) is 12.7 Å². The van der Waals surface area contributed by atoms with Gasteiger partial charge < -0.3 is 15.2 Å². The van der Waals surface area contributed by atoms with Crippen LogP contribution in [0.5, 0.6) is 5.75 Å². The number of rotatable bonds is 8. The van der Waals surface area contributed by atoms with Crippen LogP contribution in [0.4, 0.5) is 11.4 Å². The second kappa shape index (κ2) is 7.66. The van der Waals surface area contributed by atoms with E-state index in [1.54, 1.807) is 0 Å². The molecule has 9 nitrogen and oxygen atoms in total. The van der Waals surface area contributed by atoms with Gasteiger partial charge in [0.2, 0.25) is 5.75 Å². The van der Waals surface area contributed by atoms with E-state index in [1.165, 1.54) is 19.1 Å². The van der Waals surface area contributed by atoms with Gasteiger partial charge in [-0.3, -0.25) is 20.2 Å². The van der Waals surface area contributed by atoms with E-state index in [1.807, 2.05) is 13.8 Å². The van der Waals surface area contributed by atoms with Gasteiger partial charge in [-0.15, -0.1) is 0 Å². The summed E-state index contributed by atoms with van der Waals surface area (Å²) in [5, 5.41) is 34.8. The minimum atomic E-state index is -0.887. The molecule has 0 saturated carbocycles. The number of nitro benzene ring substituents is 2. The summed E-state index contributed by atoms with van der Waals surface area (Å²) in [7, 11) is 0. The Balaban J connectivity index is 2.93. The average Bonchev–Trinajstić information content (AvgIpc) is 2.42. The fourth-order valence-electron chi connectivity index (χ4n) is 1.80. The zero-order chi connectivity index (χ0) is 16.9. The largest absolute Gasteiger partial charge is 0.484 e. The van der Waals surface area contributed by atoms with E-state index in [0.29, 0.717) is 0 Å². The number of aryl methyl sites for hydroxylation is 1. The van der Waals surface area contributed by atoms with Crippen molar-refractivity contribution in [3.63, 3.8) is 0 Å². The molecule has 1 aromatic rings. The maximum absolute atomic E-state index is 11.1. The first kappa shape index (κ1) is 17.8. The van der Waals surface area contributed by atoms with Gasteiger partial charge in [0, 0.05) is 18.2 Å². The molecule has 0 heterocycles. The lowest BCUT2D eigenvalue weighted by Crippen LogP contribution is -2.35. The van der Waals surface area contributed by atoms with Crippen LogP contribution in [-0.4, -0.2) is 40.3 Å². The number of ether oxygens (including phenoxy) is 1. The Kier molecular flexibility index (Phi) is 6.20. The number of benzene rings is 1. The lowest BCUT2D eigenvalue weighted by molar-refractivity contribution is -0.423. The molecule has 0 saturated heterocycles. The van der Waals surface area contributed by atoms with Crippen LogP contribution in [0, 0.1) is 27.2 Å². The van der Waals surface area contributed by atoms with Crippen LogP contribution in [0.15, 0.2) is 12.1 Å². The first-order valence-corrected chi connectivity index (χ1v) is 6.70. The first-order valence-electron chi connectivity index (χ1n) is 6.70. The van der Waals surface area contributed by atoms with E-state index < -0.39 is 27.3 Å². The third-order valence-electron chi connectivity index (χ3n) is 2.87. The van der Waals surface area contributed by atoms with Crippen molar-refractivity contribution < 1.29 is 19.7 Å². The molecule has 122 valence electrons. The fourth-order valence-corrected chi connectivity index (χ4v) is 1.80. The Morgan fingerprint density at radius 3 is 2.32 bits per heavy atom. The summed E-state index contributed by atoms with van der Waals surface area (Å²) in [5.41, 5.74) is -1.13. The number of aliphatic hydroxyl groups is 1. The van der Waals surface area contributed by atoms with Crippen molar-refractivity contribution in [2.24, 2.45) is 0 Å². The summed E-state index contributed by atoms with van der Waals surface area (Å²) in [6, 6.07) is 2.84. The van der Waals surface area contributed by atoms with Crippen molar-refractivity contribution in [1.29, 1.82) is 0 Å². The van der Waals surface area contributed by atoms with E-state index in [9.17, 15) is 25.3 Å². The van der Waals surface area contributed by atoms with Crippen molar-refractivity contribution in [2.75, 3.05) is 13.2 Å². The summed E-state index contributed by atoms with van der Waals surface area (Å²) in [6.45, 7) is 5.26. The molecule has 22 heavy (non-hydrogen) atoms. The second-order valence-electron chi connectivity index (χ2n) is 5.12. The quantitative estimate of drug-likeness (QED) is 0.550. The van der Waals surface area contributed by atoms with Gasteiger partial charge in [-0.05, 0) is 19.1 Å². The molecule has 1 unspecified atom stereocenters. The van der Waals surface area contributed by atoms with Crippen LogP contribution in [-0.2, 0) is 0 Å². The standard InChI is InChI=1S/C13H19N3O6/c1-8(2)14-6-10(17)7-22-11-5-4-9(3)12(15(18)19)13(11)16(20)21/h4-5,8,10,14,17H,6-7H2,1-3H3. The van der Waals surface area contributed by atoms with Gasteiger partial charge in [0.15, 0.2) is 0 Å². The SMILES string of the molecule is Cc1ccc(OCC(O)CNC(C)C)c([N+](=O)[O-])c1[N+](=O)[O-]. The molecule has 0 aliphatic carbocycles. The van der Waals surface area contributed by atoms with Gasteiger partial charge in [0.25, 0.3) is 0 Å². The normalized spacial score (nSPS) is 12.2. The number of nitro groups is 2. The van der Waals surface area contributed by atoms with Gasteiger partial charge in [-0.2, -0.15) is 0 Å². The number of hydrogen-bond donors (Lipinski definition) is 2. The highest BCUT2D eigenvalue weighted by Gasteiger charge is 2.32. The highest BCUT2D eigenvalue weighted by Crippen LogP contribution is 2.38. The van der Waals surface area contributed by atoms with E-state index in [2.05, 4.69) is 5.32 Å². The van der Waals surface area contributed by atoms with Crippen LogP contribution in [0.25, 0.3) is 0 Å². The van der Waals surface area contributed by atoms with E-state index >= 15 is 0 Å². The third kappa shape index (κ3) is 4.64. The summed E-state index contributed by atoms with van der Waals surface area (Å²) in [5.74, 6) is -0.231. The molecule has 0 fully saturated rings. The Labute approximate surface area is 127 Å². The molecule has 0 radical (unpaired) electrons. The Morgan fingerprint density at radius 2 is 1.82 bits per heavy atom. The van der Waals surface area contributed by atoms with Crippen LogP contribution >= 0.6 is 0 Å². The molecular formula is C13H19N3O6. The highest BCUT2D eigenvalue weighted by molar-refractivity contribution is 5.65. The summed E-state index contributed by atoms with van der Waals surface area (Å²) in [6.07, 6.45) is -0.887. The molecule has 0 amide bonds. The van der Waals surface area contributed by atoms with Crippen molar-refractivity contribution in [2.45, 2.75) is 32.9 Å². The zero-order valence-electron chi connectivity index (χ0n) is 12.6. The van der Waals surface area contributed by atoms with Crippen LogP contribution < -0.4 is 10.1 Å². The van der Waals surface area contributed by atoms with Crippen molar-refractivity contribution in [1.82, 2.24) is 5.32 Å². The van der Waals surface area contributed by atoms with E-state index in [-0.39, 0.29) is 30.5 Å². The fraction of sp³-hybridized carbons (Fsp3) is 0.538. The number of nitrogens with one attached hydrogen (secondary N) is 1. The van der Waals surface area contributed by atoms with Crippen LogP contribution in [0.3, 0.4) is 0 Å². The molecule has 9 heteroatoms. The van der Waals surface area contributed by atoms with Crippen molar-refractivity contribution >= 4 is 11.4 Å². The first-order chi connectivity index (χ1) is 10.2. The number of aliphatic hydroxyl groups excluding tert-OH is 1. The summed E-state index contributed by atoms with van der Waals surface area (Å²) >= 11 is 0. The Morgan fingerprint density at radius 1 is 1.23 bits per heavy atom. The van der Waals surface area contributed by atoms with Crippen LogP contribution in [0.1, 0.15) is 19.4 Å². The lowest BCUT2D eigenvalue weighted by atomic mass is 10.1. The van der Waals surface area contributed by atoms with Gasteiger partial charge in [-0.1, -0.05) is 13.8 Å². The molecule has 0 aromatic heterocycles. The predicted octanol–water partition coefficient (Wildman–Crippen LogP) is 1.55. The molecule has 0 spiro atoms. The zero-order valence-corrected chi connectivity index (χ0v) is 12.6. The second-order valence-corrected chi connectivity index (χ2v) is 5.12. The van der Waals surface area contributed by atoms with E-state index in [0.717, 1.165) is 0 Å². The summed E-state index contributed by atoms with van der Waals surface area (Å²) in [4.78, 5) is 20.4. The lowest BCUT2D eigenvalue weighted by Gasteiger charge is -2.15. The predicted molar refractivity (Wildman–Crippen MR) is 79.1 cm³/mol. The molecule has 0 bridgehead atoms. The molecule has 0 aliphatic rings. The number of nitrogens with zero attached hydrogens (tertiary/aromatic N) is 2. The Hall–Kier alpha value is -2.26. The van der Waals surface area contributed by atoms with Gasteiger partial charge in [0.05, 0.1) is 9.85 Å². The molecule has 0 aliphatic heterocycles. The molecule has 2 N–H and O–H groups in total. The average molecular weight is 313 g/mol. The van der Waals surface area contributed by atoms with Crippen molar-refractivity contribution in [3.8, 4) is 5.75 Å². The van der Waals surface area contributed by atoms with Gasteiger partial charge in [-0.25, -0.2) is 0 Å². The maximum Gasteiger partial charge on any atom is 0.387 e. The highest BCUT2D eigenvalue weighted by atomic mass is 16.6. The smallest absolute Gasteiger partial charge is 0.387 e. The van der Waals surface area contributed by atoms with Gasteiger partial charge >= 0.3 is 11.4 Å². The van der Waals surface area contributed by atoms with Crippen molar-refractivity contribution in [3.05, 3.63) is 37.9 Å². The number of hydrogen-bond acceptors (Lipinski definition) is 7. The molecule has 1 rings (SSSR count). The van der Waals surface area contributed by atoms with Crippen LogP contribution in [0.2, 0.25) is 0 Å². The maximum atomic E-state index is 11.1. The Bertz CT molecular complexity index is 561. The third-order valence-corrected chi connectivity index (χ3v) is 2.87. The molecule has 1 aromatic carbocycles. The minimum absolute atomic E-state index is 0.171.